The van der Waals surface area contributed by atoms with Crippen LogP contribution in [0.15, 0.2) is 40.6 Å². The molecule has 0 aliphatic carbocycles. The highest BCUT2D eigenvalue weighted by molar-refractivity contribution is 7.94. The summed E-state index contributed by atoms with van der Waals surface area (Å²) in [5.74, 6) is 0. The molecule has 3 rings (SSSR count). The molecule has 0 spiro atoms. The molecule has 1 saturated heterocycles. The number of thiophene rings is 1. The first-order valence-electron chi connectivity index (χ1n) is 7.68. The molecule has 0 bridgehead atoms. The van der Waals surface area contributed by atoms with E-state index in [0.717, 1.165) is 43.0 Å². The van der Waals surface area contributed by atoms with Gasteiger partial charge in [-0.1, -0.05) is 36.6 Å². The van der Waals surface area contributed by atoms with E-state index >= 15 is 0 Å². The number of para-hydroxylation sites is 2. The van der Waals surface area contributed by atoms with Crippen molar-refractivity contribution in [2.45, 2.75) is 29.9 Å². The molecule has 1 aliphatic heterocycles. The summed E-state index contributed by atoms with van der Waals surface area (Å²) in [6, 6.07) is 10.7. The average Bonchev–Trinajstić information content (AvgIpc) is 2.81. The van der Waals surface area contributed by atoms with Gasteiger partial charge in [-0.05, 0) is 37.1 Å². The molecule has 4 nitrogen and oxygen atoms in total. The van der Waals surface area contributed by atoms with Crippen LogP contribution in [-0.2, 0) is 10.0 Å². The van der Waals surface area contributed by atoms with Crippen LogP contribution in [0.2, 0.25) is 4.34 Å². The lowest BCUT2D eigenvalue weighted by Crippen LogP contribution is -2.25. The zero-order chi connectivity index (χ0) is 16.3. The van der Waals surface area contributed by atoms with Crippen molar-refractivity contribution in [2.24, 2.45) is 0 Å². The van der Waals surface area contributed by atoms with Gasteiger partial charge in [0, 0.05) is 13.1 Å². The van der Waals surface area contributed by atoms with Gasteiger partial charge in [0.25, 0.3) is 10.0 Å². The molecule has 0 radical (unpaired) electrons. The lowest BCUT2D eigenvalue weighted by Gasteiger charge is -2.25. The van der Waals surface area contributed by atoms with Crippen LogP contribution in [0.4, 0.5) is 11.4 Å². The number of anilines is 2. The van der Waals surface area contributed by atoms with Gasteiger partial charge in [0.1, 0.15) is 4.21 Å². The number of halogens is 1. The summed E-state index contributed by atoms with van der Waals surface area (Å²) in [5, 5.41) is 0. The smallest absolute Gasteiger partial charge is 0.271 e. The molecule has 23 heavy (non-hydrogen) atoms. The van der Waals surface area contributed by atoms with E-state index in [1.165, 1.54) is 18.9 Å². The molecule has 7 heteroatoms. The third-order valence-corrected chi connectivity index (χ3v) is 7.00. The van der Waals surface area contributed by atoms with Crippen molar-refractivity contribution in [3.8, 4) is 0 Å². The van der Waals surface area contributed by atoms with Gasteiger partial charge in [0.05, 0.1) is 15.7 Å². The molecule has 1 fully saturated rings. The number of hydrogen-bond donors (Lipinski definition) is 1. The molecule has 2 heterocycles. The minimum Gasteiger partial charge on any atom is -0.370 e. The summed E-state index contributed by atoms with van der Waals surface area (Å²) < 4.78 is 28.5. The van der Waals surface area contributed by atoms with Crippen molar-refractivity contribution < 1.29 is 8.42 Å². The summed E-state index contributed by atoms with van der Waals surface area (Å²) in [4.78, 5) is 2.27. The van der Waals surface area contributed by atoms with Gasteiger partial charge in [-0.3, -0.25) is 4.72 Å². The first-order chi connectivity index (χ1) is 11.1. The second-order valence-corrected chi connectivity index (χ2v) is 9.21. The molecule has 1 aliphatic rings. The summed E-state index contributed by atoms with van der Waals surface area (Å²) in [6.07, 6.45) is 4.75. The van der Waals surface area contributed by atoms with Crippen LogP contribution in [0.5, 0.6) is 0 Å². The largest absolute Gasteiger partial charge is 0.370 e. The van der Waals surface area contributed by atoms with E-state index in [4.69, 9.17) is 11.6 Å². The lowest BCUT2D eigenvalue weighted by molar-refractivity contribution is 0.603. The molecular formula is C16H19ClN2O2S2. The number of sulfonamides is 1. The first-order valence-corrected chi connectivity index (χ1v) is 10.4. The van der Waals surface area contributed by atoms with Crippen LogP contribution in [0.25, 0.3) is 0 Å². The molecule has 1 N–H and O–H groups in total. The van der Waals surface area contributed by atoms with E-state index in [1.54, 1.807) is 6.07 Å². The quantitative estimate of drug-likeness (QED) is 0.856. The molecule has 1 aromatic heterocycles. The van der Waals surface area contributed by atoms with Crippen LogP contribution >= 0.6 is 22.9 Å². The Morgan fingerprint density at radius 1 is 1.00 bits per heavy atom. The number of nitrogens with one attached hydrogen (secondary N) is 1. The molecule has 0 unspecified atom stereocenters. The maximum absolute atomic E-state index is 12.5. The highest BCUT2D eigenvalue weighted by Gasteiger charge is 2.20. The van der Waals surface area contributed by atoms with E-state index in [1.807, 2.05) is 24.3 Å². The van der Waals surface area contributed by atoms with Gasteiger partial charge in [-0.25, -0.2) is 8.42 Å². The molecule has 0 saturated carbocycles. The van der Waals surface area contributed by atoms with Crippen LogP contribution in [0.1, 0.15) is 25.7 Å². The predicted molar refractivity (Wildman–Crippen MR) is 97.3 cm³/mol. The van der Waals surface area contributed by atoms with Gasteiger partial charge in [-0.2, -0.15) is 0 Å². The zero-order valence-corrected chi connectivity index (χ0v) is 15.1. The first kappa shape index (κ1) is 16.6. The SMILES string of the molecule is O=S(=O)(Nc1ccccc1N1CCCCCC1)c1ccc(Cl)s1. The zero-order valence-electron chi connectivity index (χ0n) is 12.7. The van der Waals surface area contributed by atoms with Crippen LogP contribution < -0.4 is 9.62 Å². The van der Waals surface area contributed by atoms with E-state index < -0.39 is 10.0 Å². The average molecular weight is 371 g/mol. The van der Waals surface area contributed by atoms with E-state index in [9.17, 15) is 8.42 Å². The second kappa shape index (κ2) is 7.11. The standard InChI is InChI=1S/C16H19ClN2O2S2/c17-15-9-10-16(22-15)23(20,21)18-13-7-3-4-8-14(13)19-11-5-1-2-6-12-19/h3-4,7-10,18H,1-2,5-6,11-12H2. The van der Waals surface area contributed by atoms with Crippen molar-refractivity contribution in [1.29, 1.82) is 0 Å². The van der Waals surface area contributed by atoms with Gasteiger partial charge in [0.2, 0.25) is 0 Å². The predicted octanol–water partition coefficient (Wildman–Crippen LogP) is 4.58. The maximum Gasteiger partial charge on any atom is 0.271 e. The molecule has 2 aromatic rings. The fraction of sp³-hybridized carbons (Fsp3) is 0.375. The van der Waals surface area contributed by atoms with Gasteiger partial charge in [0.15, 0.2) is 0 Å². The van der Waals surface area contributed by atoms with Gasteiger partial charge >= 0.3 is 0 Å². The normalized spacial score (nSPS) is 16.1. The molecule has 0 amide bonds. The summed E-state index contributed by atoms with van der Waals surface area (Å²) in [5.41, 5.74) is 1.57. The van der Waals surface area contributed by atoms with Crippen molar-refractivity contribution in [1.82, 2.24) is 0 Å². The van der Waals surface area contributed by atoms with Crippen molar-refractivity contribution in [2.75, 3.05) is 22.7 Å². The Morgan fingerprint density at radius 3 is 2.35 bits per heavy atom. The minimum atomic E-state index is -3.61. The van der Waals surface area contributed by atoms with Crippen molar-refractivity contribution >= 4 is 44.3 Å². The van der Waals surface area contributed by atoms with E-state index in [-0.39, 0.29) is 4.21 Å². The Bertz CT molecular complexity index is 766. The van der Waals surface area contributed by atoms with E-state index in [2.05, 4.69) is 9.62 Å². The van der Waals surface area contributed by atoms with Crippen LogP contribution in [0.3, 0.4) is 0 Å². The minimum absolute atomic E-state index is 0.230. The number of nitrogens with zero attached hydrogens (tertiary/aromatic N) is 1. The third kappa shape index (κ3) is 4.00. The Morgan fingerprint density at radius 2 is 1.70 bits per heavy atom. The van der Waals surface area contributed by atoms with Crippen LogP contribution in [-0.4, -0.2) is 21.5 Å². The summed E-state index contributed by atoms with van der Waals surface area (Å²) in [6.45, 7) is 1.92. The Labute approximate surface area is 146 Å². The van der Waals surface area contributed by atoms with Crippen LogP contribution in [0, 0.1) is 0 Å². The summed E-state index contributed by atoms with van der Waals surface area (Å²) >= 11 is 6.92. The maximum atomic E-state index is 12.5. The third-order valence-electron chi connectivity index (χ3n) is 3.91. The molecular weight excluding hydrogens is 352 g/mol. The Balaban J connectivity index is 1.88. The highest BCUT2D eigenvalue weighted by atomic mass is 35.5. The fourth-order valence-corrected chi connectivity index (χ4v) is 5.34. The highest BCUT2D eigenvalue weighted by Crippen LogP contribution is 2.32. The number of rotatable bonds is 4. The molecule has 1 aromatic carbocycles. The molecule has 0 atom stereocenters. The van der Waals surface area contributed by atoms with Gasteiger partial charge < -0.3 is 4.90 Å². The fourth-order valence-electron chi connectivity index (χ4n) is 2.78. The lowest BCUT2D eigenvalue weighted by atomic mass is 10.2. The van der Waals surface area contributed by atoms with Gasteiger partial charge in [-0.15, -0.1) is 11.3 Å². The second-order valence-electron chi connectivity index (χ2n) is 5.58. The monoisotopic (exact) mass is 370 g/mol. The number of hydrogen-bond acceptors (Lipinski definition) is 4. The Kier molecular flexibility index (Phi) is 5.14. The number of benzene rings is 1. The topological polar surface area (TPSA) is 49.4 Å². The Hall–Kier alpha value is -1.24. The van der Waals surface area contributed by atoms with Crippen molar-refractivity contribution in [3.63, 3.8) is 0 Å². The van der Waals surface area contributed by atoms with Crippen molar-refractivity contribution in [3.05, 3.63) is 40.7 Å². The van der Waals surface area contributed by atoms with E-state index in [0.29, 0.717) is 10.0 Å². The summed E-state index contributed by atoms with van der Waals surface area (Å²) in [7, 11) is -3.61. The molecule has 124 valence electrons.